The SMILES string of the molecule is CCN(CC1CCCNC1)C(=O)c1cc(C)no1. The molecule has 0 aromatic carbocycles. The highest BCUT2D eigenvalue weighted by molar-refractivity contribution is 5.91. The number of hydrogen-bond acceptors (Lipinski definition) is 4. The van der Waals surface area contributed by atoms with E-state index in [0.717, 1.165) is 25.3 Å². The smallest absolute Gasteiger partial charge is 0.292 e. The van der Waals surface area contributed by atoms with E-state index in [9.17, 15) is 4.79 Å². The summed E-state index contributed by atoms with van der Waals surface area (Å²) in [7, 11) is 0. The maximum atomic E-state index is 12.2. The highest BCUT2D eigenvalue weighted by atomic mass is 16.5. The normalized spacial score (nSPS) is 19.8. The van der Waals surface area contributed by atoms with Gasteiger partial charge in [-0.05, 0) is 45.7 Å². The second kappa shape index (κ2) is 6.00. The Morgan fingerprint density at radius 3 is 3.06 bits per heavy atom. The summed E-state index contributed by atoms with van der Waals surface area (Å²) in [6.07, 6.45) is 2.38. The van der Waals surface area contributed by atoms with Crippen molar-refractivity contribution in [3.05, 3.63) is 17.5 Å². The Kier molecular flexibility index (Phi) is 4.36. The zero-order chi connectivity index (χ0) is 13.0. The molecular weight excluding hydrogens is 230 g/mol. The third-order valence-corrected chi connectivity index (χ3v) is 3.39. The van der Waals surface area contributed by atoms with Gasteiger partial charge in [0.1, 0.15) is 0 Å². The molecule has 1 N–H and O–H groups in total. The van der Waals surface area contributed by atoms with Gasteiger partial charge in [0.05, 0.1) is 5.69 Å². The molecule has 0 spiro atoms. The van der Waals surface area contributed by atoms with E-state index in [-0.39, 0.29) is 5.91 Å². The number of carbonyl (C=O) groups is 1. The summed E-state index contributed by atoms with van der Waals surface area (Å²) in [5.41, 5.74) is 0.744. The summed E-state index contributed by atoms with van der Waals surface area (Å²) in [4.78, 5) is 14.1. The summed E-state index contributed by atoms with van der Waals surface area (Å²) in [6, 6.07) is 1.70. The van der Waals surface area contributed by atoms with E-state index in [4.69, 9.17) is 4.52 Å². The average Bonchev–Trinajstić information content (AvgIpc) is 2.83. The molecule has 5 heteroatoms. The molecule has 2 heterocycles. The van der Waals surface area contributed by atoms with E-state index in [1.807, 2.05) is 18.7 Å². The molecule has 1 unspecified atom stereocenters. The van der Waals surface area contributed by atoms with Crippen molar-refractivity contribution in [2.75, 3.05) is 26.2 Å². The van der Waals surface area contributed by atoms with Crippen molar-refractivity contribution < 1.29 is 9.32 Å². The minimum absolute atomic E-state index is 0.0522. The number of amides is 1. The van der Waals surface area contributed by atoms with Gasteiger partial charge in [-0.15, -0.1) is 0 Å². The highest BCUT2D eigenvalue weighted by Gasteiger charge is 2.23. The molecule has 1 atom stereocenters. The van der Waals surface area contributed by atoms with Crippen LogP contribution in [0.5, 0.6) is 0 Å². The standard InChI is InChI=1S/C13H21N3O2/c1-3-16(9-11-5-4-6-14-8-11)13(17)12-7-10(2)15-18-12/h7,11,14H,3-6,8-9H2,1-2H3. The van der Waals surface area contributed by atoms with Gasteiger partial charge in [-0.1, -0.05) is 5.16 Å². The topological polar surface area (TPSA) is 58.4 Å². The molecule has 0 bridgehead atoms. The maximum absolute atomic E-state index is 12.2. The van der Waals surface area contributed by atoms with Gasteiger partial charge in [-0.2, -0.15) is 0 Å². The summed E-state index contributed by atoms with van der Waals surface area (Å²) in [5.74, 6) is 0.841. The number of hydrogen-bond donors (Lipinski definition) is 1. The summed E-state index contributed by atoms with van der Waals surface area (Å²) >= 11 is 0. The third-order valence-electron chi connectivity index (χ3n) is 3.39. The first kappa shape index (κ1) is 13.1. The molecule has 18 heavy (non-hydrogen) atoms. The number of carbonyl (C=O) groups excluding carboxylic acids is 1. The predicted octanol–water partition coefficient (Wildman–Crippen LogP) is 1.44. The van der Waals surface area contributed by atoms with E-state index < -0.39 is 0 Å². The van der Waals surface area contributed by atoms with Gasteiger partial charge in [0, 0.05) is 19.2 Å². The van der Waals surface area contributed by atoms with Crippen molar-refractivity contribution in [3.8, 4) is 0 Å². The zero-order valence-corrected chi connectivity index (χ0v) is 11.1. The minimum Gasteiger partial charge on any atom is -0.351 e. The van der Waals surface area contributed by atoms with Gasteiger partial charge >= 0.3 is 0 Å². The molecular formula is C13H21N3O2. The number of aromatic nitrogens is 1. The molecule has 2 rings (SSSR count). The summed E-state index contributed by atoms with van der Waals surface area (Å²) < 4.78 is 5.04. The molecule has 1 aromatic heterocycles. The molecule has 1 aliphatic heterocycles. The van der Waals surface area contributed by atoms with Crippen LogP contribution in [0.3, 0.4) is 0 Å². The molecule has 100 valence electrons. The van der Waals surface area contributed by atoms with E-state index in [1.165, 1.54) is 12.8 Å². The van der Waals surface area contributed by atoms with E-state index in [2.05, 4.69) is 10.5 Å². The number of nitrogens with zero attached hydrogens (tertiary/aromatic N) is 2. The van der Waals surface area contributed by atoms with Crippen LogP contribution in [0.1, 0.15) is 36.0 Å². The molecule has 1 aromatic rings. The lowest BCUT2D eigenvalue weighted by atomic mass is 9.99. The Bertz CT molecular complexity index is 397. The maximum Gasteiger partial charge on any atom is 0.292 e. The fourth-order valence-electron chi connectivity index (χ4n) is 2.37. The Morgan fingerprint density at radius 2 is 2.50 bits per heavy atom. The van der Waals surface area contributed by atoms with Crippen LogP contribution >= 0.6 is 0 Å². The highest BCUT2D eigenvalue weighted by Crippen LogP contribution is 2.14. The number of rotatable bonds is 4. The van der Waals surface area contributed by atoms with Crippen LogP contribution in [-0.4, -0.2) is 42.1 Å². The van der Waals surface area contributed by atoms with Gasteiger partial charge in [0.15, 0.2) is 0 Å². The Morgan fingerprint density at radius 1 is 1.67 bits per heavy atom. The average molecular weight is 251 g/mol. The van der Waals surface area contributed by atoms with Crippen molar-refractivity contribution in [1.29, 1.82) is 0 Å². The molecule has 0 radical (unpaired) electrons. The van der Waals surface area contributed by atoms with Crippen molar-refractivity contribution in [3.63, 3.8) is 0 Å². The molecule has 1 saturated heterocycles. The van der Waals surface area contributed by atoms with Crippen LogP contribution in [0.4, 0.5) is 0 Å². The zero-order valence-electron chi connectivity index (χ0n) is 11.1. The van der Waals surface area contributed by atoms with E-state index in [0.29, 0.717) is 18.2 Å². The van der Waals surface area contributed by atoms with Crippen molar-refractivity contribution >= 4 is 5.91 Å². The van der Waals surface area contributed by atoms with Gasteiger partial charge in [0.25, 0.3) is 5.91 Å². The van der Waals surface area contributed by atoms with E-state index >= 15 is 0 Å². The first-order valence-corrected chi connectivity index (χ1v) is 6.64. The predicted molar refractivity (Wildman–Crippen MR) is 68.4 cm³/mol. The molecule has 0 saturated carbocycles. The monoisotopic (exact) mass is 251 g/mol. The Balaban J connectivity index is 1.97. The molecule has 1 amide bonds. The second-order valence-corrected chi connectivity index (χ2v) is 4.89. The van der Waals surface area contributed by atoms with Crippen LogP contribution in [0.2, 0.25) is 0 Å². The lowest BCUT2D eigenvalue weighted by molar-refractivity contribution is 0.0687. The van der Waals surface area contributed by atoms with E-state index in [1.54, 1.807) is 6.07 Å². The fourth-order valence-corrected chi connectivity index (χ4v) is 2.37. The third kappa shape index (κ3) is 3.10. The lowest BCUT2D eigenvalue weighted by Gasteiger charge is -2.28. The Hall–Kier alpha value is -1.36. The van der Waals surface area contributed by atoms with Crippen LogP contribution in [0, 0.1) is 12.8 Å². The molecule has 1 fully saturated rings. The first-order valence-electron chi connectivity index (χ1n) is 6.64. The molecule has 5 nitrogen and oxygen atoms in total. The minimum atomic E-state index is -0.0522. The fraction of sp³-hybridized carbons (Fsp3) is 0.692. The summed E-state index contributed by atoms with van der Waals surface area (Å²) in [5, 5.41) is 7.14. The first-order chi connectivity index (χ1) is 8.70. The largest absolute Gasteiger partial charge is 0.351 e. The van der Waals surface area contributed by atoms with Crippen LogP contribution in [0.15, 0.2) is 10.6 Å². The number of piperidine rings is 1. The second-order valence-electron chi connectivity index (χ2n) is 4.89. The van der Waals surface area contributed by atoms with Gasteiger partial charge in [-0.3, -0.25) is 4.79 Å². The van der Waals surface area contributed by atoms with Gasteiger partial charge < -0.3 is 14.7 Å². The number of nitrogens with one attached hydrogen (secondary N) is 1. The number of aryl methyl sites for hydroxylation is 1. The van der Waals surface area contributed by atoms with Crippen molar-refractivity contribution in [2.24, 2.45) is 5.92 Å². The van der Waals surface area contributed by atoms with Crippen LogP contribution < -0.4 is 5.32 Å². The lowest BCUT2D eigenvalue weighted by Crippen LogP contribution is -2.40. The Labute approximate surface area is 108 Å². The van der Waals surface area contributed by atoms with Crippen molar-refractivity contribution in [1.82, 2.24) is 15.4 Å². The van der Waals surface area contributed by atoms with Gasteiger partial charge in [-0.25, -0.2) is 0 Å². The summed E-state index contributed by atoms with van der Waals surface area (Å²) in [6.45, 7) is 7.41. The molecule has 1 aliphatic rings. The van der Waals surface area contributed by atoms with Crippen LogP contribution in [-0.2, 0) is 0 Å². The molecule has 0 aliphatic carbocycles. The van der Waals surface area contributed by atoms with Gasteiger partial charge in [0.2, 0.25) is 5.76 Å². The van der Waals surface area contributed by atoms with Crippen molar-refractivity contribution in [2.45, 2.75) is 26.7 Å². The quantitative estimate of drug-likeness (QED) is 0.880. The van der Waals surface area contributed by atoms with Crippen LogP contribution in [0.25, 0.3) is 0 Å².